The Kier molecular flexibility index (Phi) is 5.15. The summed E-state index contributed by atoms with van der Waals surface area (Å²) in [5.41, 5.74) is 1.80. The van der Waals surface area contributed by atoms with E-state index in [4.69, 9.17) is 0 Å². The van der Waals surface area contributed by atoms with E-state index < -0.39 is 0 Å². The van der Waals surface area contributed by atoms with E-state index in [1.807, 2.05) is 6.07 Å². The summed E-state index contributed by atoms with van der Waals surface area (Å²) < 4.78 is 0. The molecule has 0 aliphatic rings. The Labute approximate surface area is 112 Å². The first-order valence-electron chi connectivity index (χ1n) is 6.75. The molecule has 0 aliphatic carbocycles. The van der Waals surface area contributed by atoms with Crippen LogP contribution in [0.5, 0.6) is 0 Å². The van der Waals surface area contributed by atoms with Gasteiger partial charge in [-0.3, -0.25) is 0 Å². The molecule has 0 fully saturated rings. The highest BCUT2D eigenvalue weighted by atomic mass is 14.9. The maximum atomic E-state index is 3.60. The average molecular weight is 245 g/mol. The minimum Gasteiger partial charge on any atom is -0.308 e. The smallest absolute Gasteiger partial charge is 0.0143 e. The van der Waals surface area contributed by atoms with Gasteiger partial charge in [0.2, 0.25) is 0 Å². The molecule has 1 heteroatoms. The Hall–Kier alpha value is -1.08. The second-order valence-electron chi connectivity index (χ2n) is 6.82. The lowest BCUT2D eigenvalue weighted by atomic mass is 9.82. The predicted octanol–water partition coefficient (Wildman–Crippen LogP) is 4.50. The molecule has 0 bridgehead atoms. The van der Waals surface area contributed by atoms with Gasteiger partial charge < -0.3 is 5.32 Å². The van der Waals surface area contributed by atoms with Gasteiger partial charge in [-0.2, -0.15) is 0 Å². The molecule has 0 amide bonds. The fourth-order valence-corrected chi connectivity index (χ4v) is 2.48. The summed E-state index contributed by atoms with van der Waals surface area (Å²) in [5.74, 6) is 0. The normalized spacial score (nSPS) is 13.2. The molecule has 0 atom stereocenters. The Morgan fingerprint density at radius 3 is 2.17 bits per heavy atom. The van der Waals surface area contributed by atoms with Crippen molar-refractivity contribution >= 4 is 6.08 Å². The highest BCUT2D eigenvalue weighted by Crippen LogP contribution is 2.26. The second-order valence-corrected chi connectivity index (χ2v) is 6.82. The van der Waals surface area contributed by atoms with Crippen LogP contribution in [0.2, 0.25) is 0 Å². The molecule has 0 unspecified atom stereocenters. The van der Waals surface area contributed by atoms with Crippen molar-refractivity contribution in [3.8, 4) is 0 Å². The van der Waals surface area contributed by atoms with E-state index in [1.54, 1.807) is 0 Å². The molecule has 100 valence electrons. The van der Waals surface area contributed by atoms with Crippen LogP contribution in [0.1, 0.15) is 46.6 Å². The van der Waals surface area contributed by atoms with Crippen LogP contribution in [0.3, 0.4) is 0 Å². The first-order valence-corrected chi connectivity index (χ1v) is 6.75. The number of nitrogens with one attached hydrogen (secondary N) is 1. The van der Waals surface area contributed by atoms with E-state index >= 15 is 0 Å². The summed E-state index contributed by atoms with van der Waals surface area (Å²) in [7, 11) is 0. The fourth-order valence-electron chi connectivity index (χ4n) is 2.48. The molecule has 0 aliphatic heterocycles. The SMILES string of the molecule is CC(C)(C)CC(C)(C)NCC=Cc1ccccc1. The summed E-state index contributed by atoms with van der Waals surface area (Å²) >= 11 is 0. The standard InChI is InChI=1S/C17H27N/c1-16(2,3)14-17(4,5)18-13-9-12-15-10-7-6-8-11-15/h6-12,18H,13-14H2,1-5H3. The summed E-state index contributed by atoms with van der Waals surface area (Å²) in [6.45, 7) is 12.3. The van der Waals surface area contributed by atoms with Crippen LogP contribution in [0.15, 0.2) is 36.4 Å². The van der Waals surface area contributed by atoms with E-state index in [9.17, 15) is 0 Å². The topological polar surface area (TPSA) is 12.0 Å². The molecule has 0 saturated carbocycles. The quantitative estimate of drug-likeness (QED) is 0.805. The predicted molar refractivity (Wildman–Crippen MR) is 81.6 cm³/mol. The number of rotatable bonds is 5. The van der Waals surface area contributed by atoms with Crippen LogP contribution in [0, 0.1) is 5.41 Å². The van der Waals surface area contributed by atoms with Crippen LogP contribution >= 0.6 is 0 Å². The van der Waals surface area contributed by atoms with Gasteiger partial charge in [0.05, 0.1) is 0 Å². The van der Waals surface area contributed by atoms with Crippen LogP contribution in [-0.4, -0.2) is 12.1 Å². The van der Waals surface area contributed by atoms with Gasteiger partial charge in [-0.1, -0.05) is 63.3 Å². The van der Waals surface area contributed by atoms with Crippen molar-refractivity contribution < 1.29 is 0 Å². The first-order chi connectivity index (χ1) is 8.29. The molecule has 0 saturated heterocycles. The molecule has 1 rings (SSSR count). The molecular weight excluding hydrogens is 218 g/mol. The van der Waals surface area contributed by atoms with Crippen molar-refractivity contribution in [2.75, 3.05) is 6.54 Å². The molecule has 18 heavy (non-hydrogen) atoms. The number of benzene rings is 1. The van der Waals surface area contributed by atoms with Gasteiger partial charge in [0, 0.05) is 12.1 Å². The monoisotopic (exact) mass is 245 g/mol. The molecular formula is C17H27N. The maximum absolute atomic E-state index is 3.60. The zero-order chi connectivity index (χ0) is 13.6. The van der Waals surface area contributed by atoms with Crippen LogP contribution in [0.4, 0.5) is 0 Å². The third-order valence-corrected chi connectivity index (χ3v) is 2.78. The lowest BCUT2D eigenvalue weighted by Crippen LogP contribution is -2.42. The number of hydrogen-bond acceptors (Lipinski definition) is 1. The zero-order valence-corrected chi connectivity index (χ0v) is 12.5. The van der Waals surface area contributed by atoms with Gasteiger partial charge in [-0.15, -0.1) is 0 Å². The molecule has 1 N–H and O–H groups in total. The molecule has 0 heterocycles. The molecule has 1 aromatic rings. The third-order valence-electron chi connectivity index (χ3n) is 2.78. The largest absolute Gasteiger partial charge is 0.308 e. The second kappa shape index (κ2) is 6.19. The van der Waals surface area contributed by atoms with Crippen molar-refractivity contribution in [1.82, 2.24) is 5.32 Å². The van der Waals surface area contributed by atoms with E-state index in [0.29, 0.717) is 5.41 Å². The number of hydrogen-bond donors (Lipinski definition) is 1. The third kappa shape index (κ3) is 6.61. The van der Waals surface area contributed by atoms with Crippen molar-refractivity contribution in [3.05, 3.63) is 42.0 Å². The Morgan fingerprint density at radius 1 is 1.00 bits per heavy atom. The van der Waals surface area contributed by atoms with E-state index in [-0.39, 0.29) is 5.54 Å². The molecule has 0 radical (unpaired) electrons. The van der Waals surface area contributed by atoms with Crippen molar-refractivity contribution in [3.63, 3.8) is 0 Å². The maximum Gasteiger partial charge on any atom is 0.0143 e. The van der Waals surface area contributed by atoms with E-state index in [2.05, 4.69) is 76.4 Å². The Morgan fingerprint density at radius 2 is 1.61 bits per heavy atom. The Bertz CT molecular complexity index is 368. The van der Waals surface area contributed by atoms with Gasteiger partial charge in [0.25, 0.3) is 0 Å². The first kappa shape index (κ1) is 15.0. The zero-order valence-electron chi connectivity index (χ0n) is 12.5. The lowest BCUT2D eigenvalue weighted by molar-refractivity contribution is 0.248. The summed E-state index contributed by atoms with van der Waals surface area (Å²) in [6.07, 6.45) is 5.53. The fraction of sp³-hybridized carbons (Fsp3) is 0.529. The van der Waals surface area contributed by atoms with Gasteiger partial charge >= 0.3 is 0 Å². The van der Waals surface area contributed by atoms with Gasteiger partial charge in [0.15, 0.2) is 0 Å². The molecule has 1 nitrogen and oxygen atoms in total. The summed E-state index contributed by atoms with van der Waals surface area (Å²) in [4.78, 5) is 0. The highest BCUT2D eigenvalue weighted by molar-refractivity contribution is 5.48. The van der Waals surface area contributed by atoms with Crippen LogP contribution in [-0.2, 0) is 0 Å². The minimum absolute atomic E-state index is 0.180. The van der Waals surface area contributed by atoms with Crippen LogP contribution < -0.4 is 5.32 Å². The summed E-state index contributed by atoms with van der Waals surface area (Å²) in [6, 6.07) is 10.4. The minimum atomic E-state index is 0.180. The lowest BCUT2D eigenvalue weighted by Gasteiger charge is -2.33. The Balaban J connectivity index is 2.39. The van der Waals surface area contributed by atoms with E-state index in [0.717, 1.165) is 6.54 Å². The summed E-state index contributed by atoms with van der Waals surface area (Å²) in [5, 5.41) is 3.60. The molecule has 0 aromatic heterocycles. The van der Waals surface area contributed by atoms with Crippen molar-refractivity contribution in [1.29, 1.82) is 0 Å². The van der Waals surface area contributed by atoms with Crippen molar-refractivity contribution in [2.24, 2.45) is 5.41 Å². The highest BCUT2D eigenvalue weighted by Gasteiger charge is 2.24. The molecule has 0 spiro atoms. The molecule has 1 aromatic carbocycles. The van der Waals surface area contributed by atoms with Gasteiger partial charge in [0.1, 0.15) is 0 Å². The van der Waals surface area contributed by atoms with Crippen molar-refractivity contribution in [2.45, 2.75) is 46.6 Å². The average Bonchev–Trinajstić information content (AvgIpc) is 2.23. The van der Waals surface area contributed by atoms with Crippen LogP contribution in [0.25, 0.3) is 6.08 Å². The van der Waals surface area contributed by atoms with Gasteiger partial charge in [-0.25, -0.2) is 0 Å². The van der Waals surface area contributed by atoms with Gasteiger partial charge in [-0.05, 0) is 31.2 Å². The van der Waals surface area contributed by atoms with E-state index in [1.165, 1.54) is 12.0 Å².